The third-order valence-electron chi connectivity index (χ3n) is 5.55. The Bertz CT molecular complexity index is 1500. The van der Waals surface area contributed by atoms with E-state index in [1.54, 1.807) is 6.07 Å². The first kappa shape index (κ1) is 23.7. The number of carbonyl (C=O) groups excluding carboxylic acids is 1. The lowest BCUT2D eigenvalue weighted by atomic mass is 10.0. The molecule has 0 unspecified atom stereocenters. The number of aliphatic imine (C=N–C) groups is 1. The number of nitrogens with zero attached hydrogens (tertiary/aromatic N) is 1. The molecular weight excluding hydrogens is 544 g/mol. The molecule has 174 valence electrons. The fourth-order valence-electron chi connectivity index (χ4n) is 3.76. The van der Waals surface area contributed by atoms with Crippen LogP contribution in [0.3, 0.4) is 0 Å². The van der Waals surface area contributed by atoms with Gasteiger partial charge in [0.2, 0.25) is 0 Å². The van der Waals surface area contributed by atoms with Crippen molar-refractivity contribution >= 4 is 72.9 Å². The van der Waals surface area contributed by atoms with Crippen LogP contribution in [0.1, 0.15) is 16.7 Å². The summed E-state index contributed by atoms with van der Waals surface area (Å²) >= 11 is 10.8. The molecule has 1 N–H and O–H groups in total. The van der Waals surface area contributed by atoms with Crippen molar-refractivity contribution < 1.29 is 9.53 Å². The third kappa shape index (κ3) is 5.45. The largest absolute Gasteiger partial charge is 0.488 e. The number of hydrogen-bond donors (Lipinski definition) is 1. The maximum Gasteiger partial charge on any atom is 0.264 e. The Kier molecular flexibility index (Phi) is 6.95. The number of nitrogens with one attached hydrogen (secondary N) is 1. The molecule has 1 fully saturated rings. The molecule has 0 bridgehead atoms. The summed E-state index contributed by atoms with van der Waals surface area (Å²) in [7, 11) is 0. The summed E-state index contributed by atoms with van der Waals surface area (Å²) in [4.78, 5) is 18.0. The number of aryl methyl sites for hydroxylation is 1. The number of ether oxygens (including phenoxy) is 1. The van der Waals surface area contributed by atoms with Gasteiger partial charge in [-0.1, -0.05) is 70.0 Å². The second-order valence-electron chi connectivity index (χ2n) is 8.03. The monoisotopic (exact) mass is 562 g/mol. The molecule has 1 amide bonds. The Labute approximate surface area is 221 Å². The molecular formula is C28H20BrClN2O2S. The molecule has 0 radical (unpaired) electrons. The number of benzene rings is 4. The van der Waals surface area contributed by atoms with E-state index in [0.717, 1.165) is 37.6 Å². The van der Waals surface area contributed by atoms with Crippen molar-refractivity contribution in [2.75, 3.05) is 0 Å². The molecule has 4 nitrogen and oxygen atoms in total. The quantitative estimate of drug-likeness (QED) is 0.250. The number of thioether (sulfide) groups is 1. The molecule has 4 aromatic rings. The number of carbonyl (C=O) groups is 1. The lowest BCUT2D eigenvalue weighted by Crippen LogP contribution is -2.19. The SMILES string of the molecule is Cc1cc(Cl)ccc1N=C1NC(=O)/C(=C/c2c(OCc3ccc(Br)cc3)ccc3ccccc23)S1. The molecule has 1 aliphatic rings. The van der Waals surface area contributed by atoms with Gasteiger partial charge in [0.05, 0.1) is 10.6 Å². The number of fused-ring (bicyclic) bond motifs is 1. The highest BCUT2D eigenvalue weighted by Crippen LogP contribution is 2.35. The van der Waals surface area contributed by atoms with Gasteiger partial charge in [0.25, 0.3) is 5.91 Å². The van der Waals surface area contributed by atoms with Gasteiger partial charge in [0, 0.05) is 15.1 Å². The predicted molar refractivity (Wildman–Crippen MR) is 149 cm³/mol. The first-order valence-electron chi connectivity index (χ1n) is 10.9. The average molecular weight is 564 g/mol. The Morgan fingerprint density at radius 1 is 1.06 bits per heavy atom. The highest BCUT2D eigenvalue weighted by molar-refractivity contribution is 9.10. The molecule has 0 atom stereocenters. The standard InChI is InChI=1S/C28H20BrClN2O2S/c1-17-14-21(30)11-12-24(17)31-28-32-27(33)26(35-28)15-23-22-5-3-2-4-19(22)8-13-25(23)34-16-18-6-9-20(29)10-7-18/h2-15H,16H2,1H3,(H,31,32,33)/b26-15-. The van der Waals surface area contributed by atoms with Crippen LogP contribution in [0.2, 0.25) is 5.02 Å². The normalized spacial score (nSPS) is 15.7. The number of rotatable bonds is 5. The topological polar surface area (TPSA) is 50.7 Å². The van der Waals surface area contributed by atoms with Gasteiger partial charge in [0.15, 0.2) is 5.17 Å². The summed E-state index contributed by atoms with van der Waals surface area (Å²) in [5.41, 5.74) is 3.62. The van der Waals surface area contributed by atoms with Gasteiger partial charge in [-0.25, -0.2) is 4.99 Å². The minimum absolute atomic E-state index is 0.188. The van der Waals surface area contributed by atoms with Crippen LogP contribution in [0.25, 0.3) is 16.8 Å². The van der Waals surface area contributed by atoms with Crippen LogP contribution in [0.4, 0.5) is 5.69 Å². The second kappa shape index (κ2) is 10.3. The van der Waals surface area contributed by atoms with Crippen molar-refractivity contribution in [1.82, 2.24) is 5.32 Å². The highest BCUT2D eigenvalue weighted by atomic mass is 79.9. The van der Waals surface area contributed by atoms with Crippen molar-refractivity contribution in [3.63, 3.8) is 0 Å². The average Bonchev–Trinajstić information content (AvgIpc) is 3.20. The summed E-state index contributed by atoms with van der Waals surface area (Å²) in [6.07, 6.45) is 1.89. The van der Waals surface area contributed by atoms with Gasteiger partial charge in [-0.2, -0.15) is 0 Å². The van der Waals surface area contributed by atoms with E-state index in [1.807, 2.05) is 85.8 Å². The van der Waals surface area contributed by atoms with E-state index < -0.39 is 0 Å². The maximum atomic E-state index is 12.8. The molecule has 1 saturated heterocycles. The first-order valence-corrected chi connectivity index (χ1v) is 12.9. The van der Waals surface area contributed by atoms with Crippen LogP contribution in [-0.4, -0.2) is 11.1 Å². The van der Waals surface area contributed by atoms with Crippen molar-refractivity contribution in [2.45, 2.75) is 13.5 Å². The second-order valence-corrected chi connectivity index (χ2v) is 10.4. The smallest absolute Gasteiger partial charge is 0.264 e. The Morgan fingerprint density at radius 3 is 2.66 bits per heavy atom. The lowest BCUT2D eigenvalue weighted by molar-refractivity contribution is -0.115. The summed E-state index contributed by atoms with van der Waals surface area (Å²) < 4.78 is 7.24. The van der Waals surface area contributed by atoms with E-state index in [2.05, 4.69) is 26.2 Å². The predicted octanol–water partition coefficient (Wildman–Crippen LogP) is 8.03. The van der Waals surface area contributed by atoms with Crippen LogP contribution in [0, 0.1) is 6.92 Å². The third-order valence-corrected chi connectivity index (χ3v) is 7.22. The van der Waals surface area contributed by atoms with Crippen LogP contribution in [0.15, 0.2) is 93.2 Å². The van der Waals surface area contributed by atoms with E-state index in [9.17, 15) is 4.79 Å². The van der Waals surface area contributed by atoms with Crippen LogP contribution in [0.5, 0.6) is 5.75 Å². The maximum absolute atomic E-state index is 12.8. The summed E-state index contributed by atoms with van der Waals surface area (Å²) in [6, 6.07) is 25.6. The molecule has 4 aromatic carbocycles. The van der Waals surface area contributed by atoms with Gasteiger partial charge in [-0.3, -0.25) is 4.79 Å². The molecule has 1 aliphatic heterocycles. The lowest BCUT2D eigenvalue weighted by Gasteiger charge is -2.13. The van der Waals surface area contributed by atoms with Crippen molar-refractivity contribution in [3.8, 4) is 5.75 Å². The molecule has 0 aliphatic carbocycles. The number of hydrogen-bond acceptors (Lipinski definition) is 4. The zero-order chi connectivity index (χ0) is 24.4. The molecule has 5 rings (SSSR count). The molecule has 0 spiro atoms. The fourth-order valence-corrected chi connectivity index (χ4v) is 5.06. The zero-order valence-corrected chi connectivity index (χ0v) is 21.9. The number of halogens is 2. The minimum Gasteiger partial charge on any atom is -0.488 e. The molecule has 0 saturated carbocycles. The zero-order valence-electron chi connectivity index (χ0n) is 18.7. The summed E-state index contributed by atoms with van der Waals surface area (Å²) in [5, 5.41) is 6.15. The number of amides is 1. The molecule has 0 aromatic heterocycles. The van der Waals surface area contributed by atoms with E-state index >= 15 is 0 Å². The van der Waals surface area contributed by atoms with Gasteiger partial charge in [-0.15, -0.1) is 0 Å². The van der Waals surface area contributed by atoms with E-state index in [0.29, 0.717) is 27.5 Å². The molecule has 7 heteroatoms. The highest BCUT2D eigenvalue weighted by Gasteiger charge is 2.25. The van der Waals surface area contributed by atoms with Crippen LogP contribution in [-0.2, 0) is 11.4 Å². The van der Waals surface area contributed by atoms with E-state index in [4.69, 9.17) is 16.3 Å². The van der Waals surface area contributed by atoms with Gasteiger partial charge in [0.1, 0.15) is 12.4 Å². The van der Waals surface area contributed by atoms with Crippen molar-refractivity contribution in [2.24, 2.45) is 4.99 Å². The van der Waals surface area contributed by atoms with Crippen LogP contribution < -0.4 is 10.1 Å². The van der Waals surface area contributed by atoms with Gasteiger partial charge >= 0.3 is 0 Å². The number of amidine groups is 1. The van der Waals surface area contributed by atoms with Gasteiger partial charge in [-0.05, 0) is 83.1 Å². The van der Waals surface area contributed by atoms with Crippen molar-refractivity contribution in [3.05, 3.63) is 110 Å². The molecule has 35 heavy (non-hydrogen) atoms. The minimum atomic E-state index is -0.188. The van der Waals surface area contributed by atoms with E-state index in [-0.39, 0.29) is 5.91 Å². The Morgan fingerprint density at radius 2 is 1.86 bits per heavy atom. The first-order chi connectivity index (χ1) is 17.0. The Hall–Kier alpha value is -3.06. The fraction of sp³-hybridized carbons (Fsp3) is 0.0714. The van der Waals surface area contributed by atoms with Crippen LogP contribution >= 0.6 is 39.3 Å². The van der Waals surface area contributed by atoms with Crippen molar-refractivity contribution in [1.29, 1.82) is 0 Å². The Balaban J connectivity index is 1.48. The summed E-state index contributed by atoms with van der Waals surface area (Å²) in [5.74, 6) is 0.526. The molecule has 1 heterocycles. The van der Waals surface area contributed by atoms with Gasteiger partial charge < -0.3 is 10.1 Å². The summed E-state index contributed by atoms with van der Waals surface area (Å²) in [6.45, 7) is 2.36. The van der Waals surface area contributed by atoms with E-state index in [1.165, 1.54) is 11.8 Å².